The van der Waals surface area contributed by atoms with Crippen molar-refractivity contribution in [3.8, 4) is 5.75 Å². The van der Waals surface area contributed by atoms with Crippen molar-refractivity contribution in [2.24, 2.45) is 4.99 Å². The number of nitrogens with one attached hydrogen (secondary N) is 2. The van der Waals surface area contributed by atoms with Crippen LogP contribution in [-0.4, -0.2) is 63.2 Å². The number of unbranched alkanes of at least 4 members (excludes halogenated alkanes) is 1. The Balaban J connectivity index is 1.96. The molecule has 0 radical (unpaired) electrons. The maximum Gasteiger partial charge on any atom is 0.191 e. The van der Waals surface area contributed by atoms with Crippen molar-refractivity contribution in [2.45, 2.75) is 31.7 Å². The predicted octanol–water partition coefficient (Wildman–Crippen LogP) is 3.14. The molecule has 0 aliphatic carbocycles. The Morgan fingerprint density at radius 2 is 2.00 bits per heavy atom. The lowest BCUT2D eigenvalue weighted by Crippen LogP contribution is -2.43. The molecule has 1 unspecified atom stereocenters. The number of hydrogen-bond donors (Lipinski definition) is 2. The molecule has 1 fully saturated rings. The Labute approximate surface area is 163 Å². The lowest BCUT2D eigenvalue weighted by molar-refractivity contribution is 0.239. The summed E-state index contributed by atoms with van der Waals surface area (Å²) < 4.78 is 5.62. The highest BCUT2D eigenvalue weighted by atomic mass is 32.2. The molecule has 0 aromatic heterocycles. The average molecular weight is 379 g/mol. The van der Waals surface area contributed by atoms with Crippen LogP contribution in [0.25, 0.3) is 0 Å². The van der Waals surface area contributed by atoms with E-state index >= 15 is 0 Å². The first-order valence-corrected chi connectivity index (χ1v) is 11.0. The molecular formula is C20H34N4OS. The number of rotatable bonds is 10. The molecule has 2 rings (SSSR count). The van der Waals surface area contributed by atoms with Crippen LogP contribution in [0, 0.1) is 0 Å². The van der Waals surface area contributed by atoms with Gasteiger partial charge in [-0.05, 0) is 56.8 Å². The number of methoxy groups -OCH3 is 1. The first-order chi connectivity index (χ1) is 12.8. The number of guanidine groups is 1. The molecule has 1 heterocycles. The van der Waals surface area contributed by atoms with Crippen molar-refractivity contribution in [3.05, 3.63) is 29.8 Å². The van der Waals surface area contributed by atoms with Crippen molar-refractivity contribution < 1.29 is 4.74 Å². The van der Waals surface area contributed by atoms with E-state index in [1.54, 1.807) is 7.11 Å². The molecule has 6 heteroatoms. The molecule has 1 saturated heterocycles. The Morgan fingerprint density at radius 1 is 1.23 bits per heavy atom. The van der Waals surface area contributed by atoms with E-state index in [9.17, 15) is 0 Å². The van der Waals surface area contributed by atoms with Crippen LogP contribution in [0.15, 0.2) is 29.3 Å². The maximum absolute atomic E-state index is 5.62. The van der Waals surface area contributed by atoms with Crippen LogP contribution in [0.2, 0.25) is 0 Å². The van der Waals surface area contributed by atoms with Gasteiger partial charge in [-0.2, -0.15) is 11.8 Å². The van der Waals surface area contributed by atoms with Crippen molar-refractivity contribution >= 4 is 17.7 Å². The number of benzene rings is 1. The minimum absolute atomic E-state index is 0.295. The van der Waals surface area contributed by atoms with E-state index < -0.39 is 0 Å². The Hall–Kier alpha value is -1.40. The quantitative estimate of drug-likeness (QED) is 0.372. The largest absolute Gasteiger partial charge is 0.496 e. The summed E-state index contributed by atoms with van der Waals surface area (Å²) in [4.78, 5) is 6.93. The summed E-state index contributed by atoms with van der Waals surface area (Å²) in [5.41, 5.74) is 1.25. The summed E-state index contributed by atoms with van der Waals surface area (Å²) in [5, 5.41) is 6.96. The molecule has 146 valence electrons. The zero-order chi connectivity index (χ0) is 18.6. The highest BCUT2D eigenvalue weighted by Gasteiger charge is 2.25. The second-order valence-corrected chi connectivity index (χ2v) is 7.57. The zero-order valence-electron chi connectivity index (χ0n) is 16.5. The molecule has 0 amide bonds. The highest BCUT2D eigenvalue weighted by Crippen LogP contribution is 2.31. The Bertz CT molecular complexity index is 546. The molecule has 0 saturated carbocycles. The molecule has 2 N–H and O–H groups in total. The minimum Gasteiger partial charge on any atom is -0.496 e. The summed E-state index contributed by atoms with van der Waals surface area (Å²) in [6, 6.07) is 8.66. The molecule has 0 bridgehead atoms. The van der Waals surface area contributed by atoms with Gasteiger partial charge in [0.2, 0.25) is 0 Å². The van der Waals surface area contributed by atoms with Crippen LogP contribution in [-0.2, 0) is 0 Å². The molecule has 26 heavy (non-hydrogen) atoms. The van der Waals surface area contributed by atoms with E-state index in [1.165, 1.54) is 37.0 Å². The number of hydrogen-bond acceptors (Lipinski definition) is 4. The van der Waals surface area contributed by atoms with E-state index in [4.69, 9.17) is 4.74 Å². The SMILES string of the molecule is CN=C(NCCCCSC)NCC(c1ccccc1OC)N1CCCC1. The topological polar surface area (TPSA) is 48.9 Å². The first-order valence-electron chi connectivity index (χ1n) is 9.60. The number of likely N-dealkylation sites (tertiary alicyclic amines) is 1. The second-order valence-electron chi connectivity index (χ2n) is 6.58. The van der Waals surface area contributed by atoms with Gasteiger partial charge in [-0.15, -0.1) is 0 Å². The number of ether oxygens (including phenoxy) is 1. The Kier molecular flexibility index (Phi) is 9.71. The van der Waals surface area contributed by atoms with Gasteiger partial charge in [0.25, 0.3) is 0 Å². The van der Waals surface area contributed by atoms with E-state index in [0.717, 1.165) is 37.9 Å². The van der Waals surface area contributed by atoms with Crippen molar-refractivity contribution in [2.75, 3.05) is 52.3 Å². The van der Waals surface area contributed by atoms with E-state index in [-0.39, 0.29) is 0 Å². The first kappa shape index (κ1) is 20.9. The van der Waals surface area contributed by atoms with Crippen LogP contribution < -0.4 is 15.4 Å². The summed E-state index contributed by atoms with van der Waals surface area (Å²) in [6.07, 6.45) is 7.11. The number of aliphatic imine (C=N–C) groups is 1. The number of nitrogens with zero attached hydrogens (tertiary/aromatic N) is 2. The van der Waals surface area contributed by atoms with E-state index in [0.29, 0.717) is 6.04 Å². The molecule has 1 atom stereocenters. The highest BCUT2D eigenvalue weighted by molar-refractivity contribution is 7.98. The summed E-state index contributed by atoms with van der Waals surface area (Å²) in [6.45, 7) is 4.07. The Morgan fingerprint density at radius 3 is 2.69 bits per heavy atom. The predicted molar refractivity (Wildman–Crippen MR) is 114 cm³/mol. The molecule has 5 nitrogen and oxygen atoms in total. The lowest BCUT2D eigenvalue weighted by atomic mass is 10.0. The van der Waals surface area contributed by atoms with E-state index in [2.05, 4.69) is 45.0 Å². The van der Waals surface area contributed by atoms with Gasteiger partial charge in [0, 0.05) is 25.7 Å². The second kappa shape index (κ2) is 12.1. The fraction of sp³-hybridized carbons (Fsp3) is 0.650. The fourth-order valence-corrected chi connectivity index (χ4v) is 3.92. The van der Waals surface area contributed by atoms with Crippen LogP contribution in [0.3, 0.4) is 0 Å². The van der Waals surface area contributed by atoms with Crippen LogP contribution >= 0.6 is 11.8 Å². The van der Waals surface area contributed by atoms with Gasteiger partial charge in [-0.1, -0.05) is 18.2 Å². The normalized spacial score (nSPS) is 16.5. The summed E-state index contributed by atoms with van der Waals surface area (Å²) in [7, 11) is 3.59. The van der Waals surface area contributed by atoms with Gasteiger partial charge >= 0.3 is 0 Å². The van der Waals surface area contributed by atoms with Crippen molar-refractivity contribution in [1.82, 2.24) is 15.5 Å². The molecule has 1 aliphatic rings. The zero-order valence-corrected chi connectivity index (χ0v) is 17.3. The van der Waals surface area contributed by atoms with Crippen molar-refractivity contribution in [1.29, 1.82) is 0 Å². The van der Waals surface area contributed by atoms with Gasteiger partial charge < -0.3 is 15.4 Å². The monoisotopic (exact) mass is 378 g/mol. The fourth-order valence-electron chi connectivity index (χ4n) is 3.42. The smallest absolute Gasteiger partial charge is 0.191 e. The molecule has 0 spiro atoms. The van der Waals surface area contributed by atoms with Crippen LogP contribution in [0.4, 0.5) is 0 Å². The van der Waals surface area contributed by atoms with Gasteiger partial charge in [0.05, 0.1) is 13.2 Å². The number of para-hydroxylation sites is 1. The third-order valence-corrected chi connectivity index (χ3v) is 5.53. The van der Waals surface area contributed by atoms with Gasteiger partial charge in [0.15, 0.2) is 5.96 Å². The minimum atomic E-state index is 0.295. The molecule has 1 aliphatic heterocycles. The molecular weight excluding hydrogens is 344 g/mol. The van der Waals surface area contributed by atoms with Crippen molar-refractivity contribution in [3.63, 3.8) is 0 Å². The van der Waals surface area contributed by atoms with E-state index in [1.807, 2.05) is 24.9 Å². The van der Waals surface area contributed by atoms with Crippen LogP contribution in [0.5, 0.6) is 5.75 Å². The standard InChI is InChI=1S/C20H34N4OS/c1-21-20(22-12-6-9-15-26-3)23-16-18(24-13-7-8-14-24)17-10-4-5-11-19(17)25-2/h4-5,10-11,18H,6-9,12-16H2,1-3H3,(H2,21,22,23). The van der Waals surface area contributed by atoms with Gasteiger partial charge in [-0.25, -0.2) is 0 Å². The van der Waals surface area contributed by atoms with Gasteiger partial charge in [0.1, 0.15) is 5.75 Å². The van der Waals surface area contributed by atoms with Gasteiger partial charge in [-0.3, -0.25) is 9.89 Å². The molecule has 1 aromatic rings. The maximum atomic E-state index is 5.62. The summed E-state index contributed by atoms with van der Waals surface area (Å²) in [5.74, 6) is 3.07. The summed E-state index contributed by atoms with van der Waals surface area (Å²) >= 11 is 1.90. The lowest BCUT2D eigenvalue weighted by Gasteiger charge is -2.30. The third-order valence-electron chi connectivity index (χ3n) is 4.83. The third kappa shape index (κ3) is 6.40. The molecule has 1 aromatic carbocycles. The number of thioether (sulfide) groups is 1. The van der Waals surface area contributed by atoms with Crippen LogP contribution in [0.1, 0.15) is 37.3 Å². The average Bonchev–Trinajstić information content (AvgIpc) is 3.21.